The number of nitrogens with two attached hydrogens (primary N) is 1. The highest BCUT2D eigenvalue weighted by Gasteiger charge is 2.14. The minimum absolute atomic E-state index is 0.339. The highest BCUT2D eigenvalue weighted by molar-refractivity contribution is 6.00. The number of fused-ring (bicyclic) bond motifs is 3. The molecule has 3 aromatic rings. The molecule has 3 heterocycles. The maximum absolute atomic E-state index is 11.1. The molecule has 1 amide bonds. The number of nitrogens with one attached hydrogen (secondary N) is 1. The van der Waals surface area contributed by atoms with Gasteiger partial charge in [-0.15, -0.1) is 0 Å². The van der Waals surface area contributed by atoms with Crippen LogP contribution < -0.4 is 5.73 Å². The highest BCUT2D eigenvalue weighted by Crippen LogP contribution is 2.16. The van der Waals surface area contributed by atoms with E-state index in [0.717, 1.165) is 11.0 Å². The summed E-state index contributed by atoms with van der Waals surface area (Å²) in [6, 6.07) is 1.81. The third-order valence-corrected chi connectivity index (χ3v) is 2.28. The predicted molar refractivity (Wildman–Crippen MR) is 53.4 cm³/mol. The van der Waals surface area contributed by atoms with Crippen LogP contribution in [0.25, 0.3) is 16.7 Å². The molecule has 3 N–H and O–H groups in total. The highest BCUT2D eigenvalue weighted by atomic mass is 16.1. The van der Waals surface area contributed by atoms with Crippen molar-refractivity contribution < 1.29 is 4.79 Å². The molecule has 6 heteroatoms. The summed E-state index contributed by atoms with van der Waals surface area (Å²) in [5.41, 5.74) is 7.64. The lowest BCUT2D eigenvalue weighted by molar-refractivity contribution is 0.100. The summed E-state index contributed by atoms with van der Waals surface area (Å²) in [7, 11) is 0. The number of nitrogens with zero attached hydrogens (tertiary/aromatic N) is 3. The van der Waals surface area contributed by atoms with Crippen molar-refractivity contribution in [3.63, 3.8) is 0 Å². The Hall–Kier alpha value is -2.37. The number of aromatic nitrogens is 4. The van der Waals surface area contributed by atoms with Crippen LogP contribution in [-0.2, 0) is 0 Å². The number of hydrogen-bond donors (Lipinski definition) is 2. The first-order valence-electron chi connectivity index (χ1n) is 4.37. The van der Waals surface area contributed by atoms with Crippen molar-refractivity contribution in [1.82, 2.24) is 19.6 Å². The van der Waals surface area contributed by atoms with E-state index in [1.54, 1.807) is 16.9 Å². The van der Waals surface area contributed by atoms with Gasteiger partial charge < -0.3 is 10.7 Å². The molecule has 0 bridgehead atoms. The number of pyridine rings is 1. The van der Waals surface area contributed by atoms with Gasteiger partial charge in [-0.25, -0.2) is 9.50 Å². The summed E-state index contributed by atoms with van der Waals surface area (Å²) >= 11 is 0. The van der Waals surface area contributed by atoms with Crippen LogP contribution in [0.2, 0.25) is 0 Å². The van der Waals surface area contributed by atoms with Crippen LogP contribution in [0.15, 0.2) is 24.7 Å². The zero-order chi connectivity index (χ0) is 10.4. The van der Waals surface area contributed by atoms with Gasteiger partial charge in [-0.05, 0) is 6.07 Å². The molecule has 0 fully saturated rings. The van der Waals surface area contributed by atoms with Gasteiger partial charge in [-0.1, -0.05) is 0 Å². The standard InChI is InChI=1S/C9H7N5O/c10-8(15)5-3-12-14-7-4-11-2-1-6(7)13-9(5)14/h1-4,11H,(H2,10,15). The lowest BCUT2D eigenvalue weighted by Gasteiger charge is -1.86. The fraction of sp³-hybridized carbons (Fsp3) is 0. The first-order chi connectivity index (χ1) is 7.27. The second kappa shape index (κ2) is 2.57. The van der Waals surface area contributed by atoms with Crippen LogP contribution >= 0.6 is 0 Å². The first kappa shape index (κ1) is 7.98. The van der Waals surface area contributed by atoms with Crippen LogP contribution in [0.1, 0.15) is 10.4 Å². The molecular formula is C9H7N5O. The van der Waals surface area contributed by atoms with Gasteiger partial charge in [-0.3, -0.25) is 4.79 Å². The van der Waals surface area contributed by atoms with E-state index in [0.29, 0.717) is 11.2 Å². The number of primary amides is 1. The lowest BCUT2D eigenvalue weighted by atomic mass is 10.3. The second-order valence-corrected chi connectivity index (χ2v) is 3.18. The fourth-order valence-corrected chi connectivity index (χ4v) is 1.59. The molecule has 6 nitrogen and oxygen atoms in total. The van der Waals surface area contributed by atoms with Crippen LogP contribution in [0, 0.1) is 0 Å². The van der Waals surface area contributed by atoms with Crippen molar-refractivity contribution in [1.29, 1.82) is 0 Å². The van der Waals surface area contributed by atoms with Crippen molar-refractivity contribution in [2.45, 2.75) is 0 Å². The SMILES string of the molecule is NC(=O)c1cnn2c1nc1cc[nH]cc12. The summed E-state index contributed by atoms with van der Waals surface area (Å²) in [6.45, 7) is 0. The molecular weight excluding hydrogens is 194 g/mol. The molecule has 0 radical (unpaired) electrons. The summed E-state index contributed by atoms with van der Waals surface area (Å²) in [5, 5.41) is 4.06. The Morgan fingerprint density at radius 2 is 2.40 bits per heavy atom. The van der Waals surface area contributed by atoms with Gasteiger partial charge >= 0.3 is 0 Å². The van der Waals surface area contributed by atoms with E-state index in [9.17, 15) is 4.79 Å². The molecule has 3 rings (SSSR count). The van der Waals surface area contributed by atoms with Crippen molar-refractivity contribution in [3.8, 4) is 0 Å². The molecule has 0 aliphatic rings. The van der Waals surface area contributed by atoms with Crippen LogP contribution in [0.4, 0.5) is 0 Å². The minimum atomic E-state index is -0.517. The summed E-state index contributed by atoms with van der Waals surface area (Å²) < 4.78 is 1.59. The number of rotatable bonds is 1. The molecule has 0 unspecified atom stereocenters. The van der Waals surface area contributed by atoms with E-state index in [1.165, 1.54) is 6.20 Å². The Kier molecular flexibility index (Phi) is 1.37. The summed E-state index contributed by atoms with van der Waals surface area (Å²) in [6.07, 6.45) is 4.96. The monoisotopic (exact) mass is 201 g/mol. The third-order valence-electron chi connectivity index (χ3n) is 2.28. The molecule has 15 heavy (non-hydrogen) atoms. The molecule has 0 aliphatic carbocycles. The van der Waals surface area contributed by atoms with E-state index in [-0.39, 0.29) is 0 Å². The van der Waals surface area contributed by atoms with Crippen LogP contribution in [0.5, 0.6) is 0 Å². The van der Waals surface area contributed by atoms with Crippen molar-refractivity contribution in [3.05, 3.63) is 30.2 Å². The maximum Gasteiger partial charge on any atom is 0.254 e. The normalized spacial score (nSPS) is 11.2. The van der Waals surface area contributed by atoms with Crippen molar-refractivity contribution >= 4 is 22.6 Å². The number of amides is 1. The maximum atomic E-state index is 11.1. The van der Waals surface area contributed by atoms with Gasteiger partial charge in [0.2, 0.25) is 0 Å². The topological polar surface area (TPSA) is 89.1 Å². The number of aromatic amines is 1. The Labute approximate surface area is 83.7 Å². The van der Waals surface area contributed by atoms with Crippen molar-refractivity contribution in [2.75, 3.05) is 0 Å². The fourth-order valence-electron chi connectivity index (χ4n) is 1.59. The van der Waals surface area contributed by atoms with Crippen LogP contribution in [-0.4, -0.2) is 25.5 Å². The van der Waals surface area contributed by atoms with Gasteiger partial charge in [0.05, 0.1) is 11.7 Å². The van der Waals surface area contributed by atoms with Gasteiger partial charge in [0.25, 0.3) is 5.91 Å². The quantitative estimate of drug-likeness (QED) is 0.593. The van der Waals surface area contributed by atoms with E-state index >= 15 is 0 Å². The Morgan fingerprint density at radius 1 is 1.53 bits per heavy atom. The van der Waals surface area contributed by atoms with E-state index in [2.05, 4.69) is 15.1 Å². The Bertz CT molecular complexity index is 665. The van der Waals surface area contributed by atoms with Gasteiger partial charge in [-0.2, -0.15) is 5.10 Å². The van der Waals surface area contributed by atoms with Gasteiger partial charge in [0, 0.05) is 12.4 Å². The van der Waals surface area contributed by atoms with E-state index in [4.69, 9.17) is 5.73 Å². The zero-order valence-electron chi connectivity index (χ0n) is 7.64. The molecule has 0 saturated carbocycles. The van der Waals surface area contributed by atoms with Crippen molar-refractivity contribution in [2.24, 2.45) is 5.73 Å². The number of H-pyrrole nitrogens is 1. The van der Waals surface area contributed by atoms with E-state index < -0.39 is 5.91 Å². The molecule has 0 aliphatic heterocycles. The number of carbonyl (C=O) groups is 1. The molecule has 0 spiro atoms. The lowest BCUT2D eigenvalue weighted by Crippen LogP contribution is -2.10. The third kappa shape index (κ3) is 0.954. The summed E-state index contributed by atoms with van der Waals surface area (Å²) in [5.74, 6) is -0.517. The molecule has 0 atom stereocenters. The summed E-state index contributed by atoms with van der Waals surface area (Å²) in [4.78, 5) is 18.3. The number of hydrogen-bond acceptors (Lipinski definition) is 3. The molecule has 3 aromatic heterocycles. The molecule has 0 saturated heterocycles. The van der Waals surface area contributed by atoms with Gasteiger partial charge in [0.1, 0.15) is 11.1 Å². The average molecular weight is 201 g/mol. The van der Waals surface area contributed by atoms with Gasteiger partial charge in [0.15, 0.2) is 5.65 Å². The first-order valence-corrected chi connectivity index (χ1v) is 4.37. The second-order valence-electron chi connectivity index (χ2n) is 3.18. The average Bonchev–Trinajstić information content (AvgIpc) is 2.74. The smallest absolute Gasteiger partial charge is 0.254 e. The largest absolute Gasteiger partial charge is 0.366 e. The Balaban J connectivity index is 2.50. The number of carbonyl (C=O) groups excluding carboxylic acids is 1. The minimum Gasteiger partial charge on any atom is -0.366 e. The molecule has 0 aromatic carbocycles. The van der Waals surface area contributed by atoms with Crippen LogP contribution in [0.3, 0.4) is 0 Å². The predicted octanol–water partition coefficient (Wildman–Crippen LogP) is 0.309. The molecule has 74 valence electrons. The van der Waals surface area contributed by atoms with E-state index in [1.807, 2.05) is 6.07 Å². The zero-order valence-corrected chi connectivity index (χ0v) is 7.64. The Morgan fingerprint density at radius 3 is 3.20 bits per heavy atom. The number of imidazole rings is 1.